The molecule has 0 bridgehead atoms. The van der Waals surface area contributed by atoms with Crippen molar-refractivity contribution in [1.82, 2.24) is 0 Å². The summed E-state index contributed by atoms with van der Waals surface area (Å²) in [6, 6.07) is 0. The summed E-state index contributed by atoms with van der Waals surface area (Å²) in [6.45, 7) is 8.43. The molecule has 1 nitrogen and oxygen atoms in total. The normalized spacial score (nSPS) is 24.2. The number of rotatable bonds is 2. The Hall–Kier alpha value is 0.209. The number of Topliss-reactive ketones (excluding diaryl/α,β-unsaturated/α-hetero) is 1. The summed E-state index contributed by atoms with van der Waals surface area (Å²) in [5.74, 6) is 0.431. The molecule has 0 saturated carbocycles. The maximum absolute atomic E-state index is 12.5. The molecule has 0 saturated heterocycles. The van der Waals surface area contributed by atoms with Gasteiger partial charge < -0.3 is 0 Å². The van der Waals surface area contributed by atoms with Crippen LogP contribution in [-0.2, 0) is 4.79 Å². The minimum atomic E-state index is -1.79. The van der Waals surface area contributed by atoms with Gasteiger partial charge in [0.15, 0.2) is 0 Å². The van der Waals surface area contributed by atoms with E-state index in [9.17, 15) is 4.79 Å². The zero-order valence-electron chi connectivity index (χ0n) is 12.6. The Morgan fingerprint density at radius 3 is 2.12 bits per heavy atom. The molecule has 0 heterocycles. The molecule has 2 heteroatoms. The Kier molecular flexibility index (Phi) is 4.23. The second-order valence-corrected chi connectivity index (χ2v) is 23.7. The Labute approximate surface area is 111 Å². The van der Waals surface area contributed by atoms with Crippen LogP contribution in [0, 0.1) is 10.8 Å². The van der Waals surface area contributed by atoms with E-state index in [-0.39, 0.29) is 10.8 Å². The summed E-state index contributed by atoms with van der Waals surface area (Å²) in [5, 5.41) is 0. The third kappa shape index (κ3) is 4.11. The quantitative estimate of drug-likeness (QED) is 0.526. The second kappa shape index (κ2) is 4.71. The summed E-state index contributed by atoms with van der Waals surface area (Å²) in [7, 11) is 0. The molecule has 0 spiro atoms. The number of ketones is 1. The van der Waals surface area contributed by atoms with E-state index < -0.39 is 18.4 Å². The van der Waals surface area contributed by atoms with Crippen molar-refractivity contribution < 1.29 is 4.79 Å². The van der Waals surface area contributed by atoms with Crippen molar-refractivity contribution >= 4 is 24.2 Å². The van der Waals surface area contributed by atoms with E-state index in [0.29, 0.717) is 5.78 Å². The van der Waals surface area contributed by atoms with Crippen LogP contribution in [0.3, 0.4) is 0 Å². The summed E-state index contributed by atoms with van der Waals surface area (Å²) in [4.78, 5) is 19.9. The van der Waals surface area contributed by atoms with Crippen LogP contribution in [-0.4, -0.2) is 24.2 Å². The fourth-order valence-corrected chi connectivity index (χ4v) is 7.60. The molecule has 0 aliphatic heterocycles. The van der Waals surface area contributed by atoms with Crippen LogP contribution >= 0.6 is 0 Å². The predicted octanol–water partition coefficient (Wildman–Crippen LogP) is 4.67. The monoisotopic (exact) mass is 344 g/mol. The number of allylic oxidation sites excluding steroid dienone is 2. The van der Waals surface area contributed by atoms with Gasteiger partial charge in [-0.1, -0.05) is 0 Å². The van der Waals surface area contributed by atoms with Gasteiger partial charge in [-0.05, 0) is 0 Å². The van der Waals surface area contributed by atoms with Crippen molar-refractivity contribution in [2.75, 3.05) is 0 Å². The Balaban J connectivity index is 2.99. The fourth-order valence-electron chi connectivity index (χ4n) is 2.94. The standard InChI is InChI=1S/C12H19O.3CH3.Sn/c1-9-6-7-11(2,3)10(13)12(4,5)8-9;;;;/h6H,1,7-8H2,2-5H3;3*1H3;. The van der Waals surface area contributed by atoms with E-state index in [2.05, 4.69) is 48.6 Å². The van der Waals surface area contributed by atoms with Gasteiger partial charge in [0.05, 0.1) is 0 Å². The van der Waals surface area contributed by atoms with Gasteiger partial charge in [0, 0.05) is 0 Å². The SMILES string of the molecule is CC1(C)CC=C([CH2][Sn]([CH3])([CH3])[CH3])CC(C)(C)C1=O. The third-order valence-electron chi connectivity index (χ3n) is 3.56. The molecule has 0 N–H and O–H groups in total. The number of carbonyl (C=O) groups is 1. The zero-order valence-corrected chi connectivity index (χ0v) is 15.5. The van der Waals surface area contributed by atoms with E-state index >= 15 is 0 Å². The van der Waals surface area contributed by atoms with Gasteiger partial charge in [0.1, 0.15) is 0 Å². The fraction of sp³-hybridized carbons (Fsp3) is 0.800. The van der Waals surface area contributed by atoms with Crippen molar-refractivity contribution in [3.63, 3.8) is 0 Å². The van der Waals surface area contributed by atoms with E-state index in [4.69, 9.17) is 0 Å². The summed E-state index contributed by atoms with van der Waals surface area (Å²) < 4.78 is 1.31. The van der Waals surface area contributed by atoms with Gasteiger partial charge in [0.25, 0.3) is 0 Å². The molecule has 98 valence electrons. The Morgan fingerprint density at radius 1 is 1.12 bits per heavy atom. The van der Waals surface area contributed by atoms with Crippen molar-refractivity contribution in [1.29, 1.82) is 0 Å². The first-order chi connectivity index (χ1) is 7.44. The maximum atomic E-state index is 12.5. The average molecular weight is 343 g/mol. The first-order valence-corrected chi connectivity index (χ1v) is 17.2. The van der Waals surface area contributed by atoms with Crippen molar-refractivity contribution in [2.24, 2.45) is 10.8 Å². The van der Waals surface area contributed by atoms with E-state index in [1.54, 1.807) is 5.57 Å². The van der Waals surface area contributed by atoms with Gasteiger partial charge in [-0.15, -0.1) is 0 Å². The van der Waals surface area contributed by atoms with Crippen molar-refractivity contribution in [3.05, 3.63) is 11.6 Å². The molecular formula is C15H28OSn. The van der Waals surface area contributed by atoms with E-state index in [1.807, 2.05) is 0 Å². The second-order valence-electron chi connectivity index (χ2n) is 8.08. The van der Waals surface area contributed by atoms with Crippen LogP contribution in [0.25, 0.3) is 0 Å². The Bertz CT molecular complexity index is 342. The molecule has 1 rings (SSSR count). The van der Waals surface area contributed by atoms with Crippen LogP contribution in [0.4, 0.5) is 0 Å². The molecule has 0 aromatic heterocycles. The molecule has 1 aliphatic rings. The summed E-state index contributed by atoms with van der Waals surface area (Å²) >= 11 is -1.79. The van der Waals surface area contributed by atoms with E-state index in [1.165, 1.54) is 4.44 Å². The molecule has 17 heavy (non-hydrogen) atoms. The van der Waals surface area contributed by atoms with Crippen LogP contribution in [0.2, 0.25) is 19.3 Å². The molecule has 0 unspecified atom stereocenters. The van der Waals surface area contributed by atoms with Gasteiger partial charge in [-0.25, -0.2) is 0 Å². The number of hydrogen-bond acceptors (Lipinski definition) is 1. The first-order valence-electron chi connectivity index (χ1n) is 6.67. The molecular weight excluding hydrogens is 315 g/mol. The molecule has 0 aromatic rings. The molecule has 0 fully saturated rings. The van der Waals surface area contributed by atoms with Crippen LogP contribution in [0.5, 0.6) is 0 Å². The molecule has 0 atom stereocenters. The molecule has 0 amide bonds. The number of hydrogen-bond donors (Lipinski definition) is 0. The Morgan fingerprint density at radius 2 is 1.65 bits per heavy atom. The van der Waals surface area contributed by atoms with Gasteiger partial charge in [0.2, 0.25) is 0 Å². The van der Waals surface area contributed by atoms with E-state index in [0.717, 1.165) is 12.8 Å². The third-order valence-corrected chi connectivity index (χ3v) is 7.88. The molecule has 1 aliphatic carbocycles. The minimum absolute atomic E-state index is 0.178. The molecule has 0 aromatic carbocycles. The van der Waals surface area contributed by atoms with Gasteiger partial charge in [-0.2, -0.15) is 0 Å². The van der Waals surface area contributed by atoms with Gasteiger partial charge in [-0.3, -0.25) is 0 Å². The summed E-state index contributed by atoms with van der Waals surface area (Å²) in [5.41, 5.74) is 1.19. The van der Waals surface area contributed by atoms with Gasteiger partial charge >= 0.3 is 111 Å². The predicted molar refractivity (Wildman–Crippen MR) is 78.0 cm³/mol. The zero-order chi connectivity index (χ0) is 13.5. The number of carbonyl (C=O) groups excluding carboxylic acids is 1. The topological polar surface area (TPSA) is 17.1 Å². The van der Waals surface area contributed by atoms with Crippen LogP contribution < -0.4 is 0 Å². The van der Waals surface area contributed by atoms with Crippen molar-refractivity contribution in [3.8, 4) is 0 Å². The van der Waals surface area contributed by atoms with Crippen LogP contribution in [0.15, 0.2) is 11.6 Å². The van der Waals surface area contributed by atoms with Crippen LogP contribution in [0.1, 0.15) is 40.5 Å². The molecule has 0 radical (unpaired) electrons. The van der Waals surface area contributed by atoms with Crippen molar-refractivity contribution in [2.45, 2.75) is 59.8 Å². The summed E-state index contributed by atoms with van der Waals surface area (Å²) in [6.07, 6.45) is 4.27. The first kappa shape index (κ1) is 15.3. The average Bonchev–Trinajstić information content (AvgIpc) is 2.15.